The molecule has 1 N–H and O–H groups in total. The van der Waals surface area contributed by atoms with Gasteiger partial charge in [0.1, 0.15) is 6.33 Å². The summed E-state index contributed by atoms with van der Waals surface area (Å²) in [5.74, 6) is -0.425. The van der Waals surface area contributed by atoms with Crippen molar-refractivity contribution in [3.63, 3.8) is 0 Å². The molecule has 3 rings (SSSR count). The van der Waals surface area contributed by atoms with Crippen molar-refractivity contribution in [2.75, 3.05) is 5.32 Å². The molecule has 0 aliphatic rings. The zero-order valence-electron chi connectivity index (χ0n) is 15.2. The topological polar surface area (TPSA) is 99.0 Å². The Balaban J connectivity index is 1.81. The van der Waals surface area contributed by atoms with Crippen LogP contribution < -0.4 is 5.32 Å². The number of nitrogens with zero attached hydrogens (tertiary/aromatic N) is 4. The minimum atomic E-state index is -0.498. The highest BCUT2D eigenvalue weighted by molar-refractivity contribution is 6.07. The number of nitrogens with one attached hydrogen (secondary N) is 1. The van der Waals surface area contributed by atoms with Crippen LogP contribution in [0, 0.1) is 6.92 Å². The summed E-state index contributed by atoms with van der Waals surface area (Å²) in [4.78, 5) is 28.7. The van der Waals surface area contributed by atoms with Crippen LogP contribution in [-0.2, 0) is 4.74 Å². The van der Waals surface area contributed by atoms with Gasteiger partial charge in [0.05, 0.1) is 17.4 Å². The van der Waals surface area contributed by atoms with Gasteiger partial charge in [0, 0.05) is 12.4 Å². The molecule has 0 unspecified atom stereocenters. The number of aryl methyl sites for hydroxylation is 1. The van der Waals surface area contributed by atoms with Crippen LogP contribution in [0.1, 0.15) is 40.3 Å². The number of aromatic nitrogens is 4. The molecule has 0 fully saturated rings. The van der Waals surface area contributed by atoms with Crippen molar-refractivity contribution in [2.24, 2.45) is 0 Å². The summed E-state index contributed by atoms with van der Waals surface area (Å²) in [6.07, 6.45) is 4.67. The second-order valence-electron chi connectivity index (χ2n) is 6.20. The van der Waals surface area contributed by atoms with E-state index >= 15 is 0 Å². The van der Waals surface area contributed by atoms with Crippen LogP contribution in [0.3, 0.4) is 0 Å². The number of rotatable bonds is 5. The lowest BCUT2D eigenvalue weighted by atomic mass is 10.1. The zero-order chi connectivity index (χ0) is 19.4. The average molecular weight is 365 g/mol. The van der Waals surface area contributed by atoms with Crippen molar-refractivity contribution in [2.45, 2.75) is 26.9 Å². The van der Waals surface area contributed by atoms with Gasteiger partial charge in [-0.2, -0.15) is 0 Å². The normalized spacial score (nSPS) is 10.7. The largest absolute Gasteiger partial charge is 0.459 e. The number of amides is 1. The highest BCUT2D eigenvalue weighted by Gasteiger charge is 2.18. The summed E-state index contributed by atoms with van der Waals surface area (Å²) in [6, 6.07) is 8.34. The Kier molecular flexibility index (Phi) is 5.25. The smallest absolute Gasteiger partial charge is 0.340 e. The van der Waals surface area contributed by atoms with Crippen LogP contribution >= 0.6 is 0 Å². The van der Waals surface area contributed by atoms with Crippen LogP contribution in [0.4, 0.5) is 5.69 Å². The number of esters is 1. The Labute approximate surface area is 156 Å². The van der Waals surface area contributed by atoms with Gasteiger partial charge < -0.3 is 10.1 Å². The number of hydrogen-bond acceptors (Lipinski definition) is 6. The number of hydrogen-bond donors (Lipinski definition) is 1. The fourth-order valence-corrected chi connectivity index (χ4v) is 2.38. The molecule has 27 heavy (non-hydrogen) atoms. The first-order chi connectivity index (χ1) is 12.9. The second-order valence-corrected chi connectivity index (χ2v) is 6.20. The molecule has 3 aromatic rings. The molecule has 8 nitrogen and oxygen atoms in total. The molecule has 2 heterocycles. The predicted octanol–water partition coefficient (Wildman–Crippen LogP) is 2.79. The van der Waals surface area contributed by atoms with Crippen LogP contribution in [-0.4, -0.2) is 37.7 Å². The summed E-state index contributed by atoms with van der Waals surface area (Å²) in [6.45, 7) is 5.40. The van der Waals surface area contributed by atoms with Gasteiger partial charge in [0.15, 0.2) is 11.5 Å². The molecule has 1 aromatic carbocycles. The van der Waals surface area contributed by atoms with Crippen LogP contribution in [0.5, 0.6) is 0 Å². The molecule has 0 saturated heterocycles. The third kappa shape index (κ3) is 4.35. The molecule has 0 atom stereocenters. The SMILES string of the molecule is Cc1ccc(C(=O)OC(C)C)c(NC(=O)c2ccc(-n3ccnc3)nn2)c1. The first-order valence-corrected chi connectivity index (χ1v) is 8.39. The summed E-state index contributed by atoms with van der Waals surface area (Å²) in [5.41, 5.74) is 1.67. The Morgan fingerprint density at radius 1 is 1.15 bits per heavy atom. The fraction of sp³-hybridized carbons (Fsp3) is 0.211. The van der Waals surface area contributed by atoms with E-state index in [9.17, 15) is 9.59 Å². The maximum absolute atomic E-state index is 12.5. The lowest BCUT2D eigenvalue weighted by Crippen LogP contribution is -2.19. The van der Waals surface area contributed by atoms with E-state index in [1.807, 2.05) is 6.92 Å². The molecule has 0 bridgehead atoms. The van der Waals surface area contributed by atoms with E-state index in [-0.39, 0.29) is 17.4 Å². The Morgan fingerprint density at radius 3 is 2.59 bits per heavy atom. The van der Waals surface area contributed by atoms with Gasteiger partial charge in [-0.25, -0.2) is 9.78 Å². The highest BCUT2D eigenvalue weighted by Crippen LogP contribution is 2.20. The minimum Gasteiger partial charge on any atom is -0.459 e. The first kappa shape index (κ1) is 18.2. The number of carbonyl (C=O) groups excluding carboxylic acids is 2. The van der Waals surface area contributed by atoms with Gasteiger partial charge in [-0.3, -0.25) is 9.36 Å². The maximum atomic E-state index is 12.5. The summed E-state index contributed by atoms with van der Waals surface area (Å²) in [7, 11) is 0. The molecule has 0 radical (unpaired) electrons. The van der Waals surface area contributed by atoms with Gasteiger partial charge in [0.25, 0.3) is 5.91 Å². The Hall–Kier alpha value is -3.55. The van der Waals surface area contributed by atoms with E-state index in [4.69, 9.17) is 4.74 Å². The van der Waals surface area contributed by atoms with Crippen molar-refractivity contribution < 1.29 is 14.3 Å². The van der Waals surface area contributed by atoms with E-state index in [0.717, 1.165) is 5.56 Å². The number of ether oxygens (including phenoxy) is 1. The van der Waals surface area contributed by atoms with Crippen molar-refractivity contribution in [3.05, 3.63) is 65.9 Å². The van der Waals surface area contributed by atoms with Gasteiger partial charge in [-0.05, 0) is 50.6 Å². The lowest BCUT2D eigenvalue weighted by molar-refractivity contribution is 0.0379. The van der Waals surface area contributed by atoms with Crippen molar-refractivity contribution in [1.29, 1.82) is 0 Å². The lowest BCUT2D eigenvalue weighted by Gasteiger charge is -2.13. The van der Waals surface area contributed by atoms with E-state index in [1.54, 1.807) is 67.5 Å². The molecule has 1 amide bonds. The van der Waals surface area contributed by atoms with Gasteiger partial charge in [0.2, 0.25) is 0 Å². The highest BCUT2D eigenvalue weighted by atomic mass is 16.5. The third-order valence-corrected chi connectivity index (χ3v) is 3.64. The van der Waals surface area contributed by atoms with Crippen LogP contribution in [0.25, 0.3) is 5.82 Å². The van der Waals surface area contributed by atoms with Crippen LogP contribution in [0.2, 0.25) is 0 Å². The standard InChI is InChI=1S/C19H19N5O3/c1-12(2)27-19(26)14-5-4-13(3)10-16(14)21-18(25)15-6-7-17(23-22-15)24-9-8-20-11-24/h4-12H,1-3H3,(H,21,25). The molecule has 8 heteroatoms. The molecule has 138 valence electrons. The van der Waals surface area contributed by atoms with Gasteiger partial charge in [-0.15, -0.1) is 10.2 Å². The summed E-state index contributed by atoms with van der Waals surface area (Å²) < 4.78 is 6.91. The summed E-state index contributed by atoms with van der Waals surface area (Å²) >= 11 is 0. The average Bonchev–Trinajstić information content (AvgIpc) is 3.16. The molecule has 0 aliphatic carbocycles. The first-order valence-electron chi connectivity index (χ1n) is 8.39. The minimum absolute atomic E-state index is 0.128. The number of carbonyl (C=O) groups is 2. The van der Waals surface area contributed by atoms with Gasteiger partial charge >= 0.3 is 5.97 Å². The molecule has 0 saturated carbocycles. The quantitative estimate of drug-likeness (QED) is 0.698. The van der Waals surface area contributed by atoms with E-state index in [2.05, 4.69) is 20.5 Å². The molecule has 0 spiro atoms. The van der Waals surface area contributed by atoms with Crippen LogP contribution in [0.15, 0.2) is 49.1 Å². The predicted molar refractivity (Wildman–Crippen MR) is 98.8 cm³/mol. The Bertz CT molecular complexity index is 950. The number of anilines is 1. The van der Waals surface area contributed by atoms with Crippen molar-refractivity contribution in [3.8, 4) is 5.82 Å². The fourth-order valence-electron chi connectivity index (χ4n) is 2.38. The number of benzene rings is 1. The Morgan fingerprint density at radius 2 is 1.96 bits per heavy atom. The third-order valence-electron chi connectivity index (χ3n) is 3.64. The van der Waals surface area contributed by atoms with Crippen molar-refractivity contribution in [1.82, 2.24) is 19.7 Å². The zero-order valence-corrected chi connectivity index (χ0v) is 15.2. The van der Waals surface area contributed by atoms with E-state index in [0.29, 0.717) is 11.5 Å². The molecular formula is C19H19N5O3. The van der Waals surface area contributed by atoms with Gasteiger partial charge in [-0.1, -0.05) is 6.07 Å². The maximum Gasteiger partial charge on any atom is 0.340 e. The number of imidazole rings is 1. The second kappa shape index (κ2) is 7.77. The van der Waals surface area contributed by atoms with E-state index in [1.165, 1.54) is 0 Å². The van der Waals surface area contributed by atoms with E-state index < -0.39 is 11.9 Å². The monoisotopic (exact) mass is 365 g/mol. The molecular weight excluding hydrogens is 346 g/mol. The summed E-state index contributed by atoms with van der Waals surface area (Å²) in [5, 5.41) is 10.7. The molecule has 0 aliphatic heterocycles. The van der Waals surface area contributed by atoms with Crippen molar-refractivity contribution >= 4 is 17.6 Å². The molecule has 2 aromatic heterocycles.